The highest BCUT2D eigenvalue weighted by atomic mass is 35.5. The van der Waals surface area contributed by atoms with Crippen LogP contribution in [0.5, 0.6) is 5.75 Å². The van der Waals surface area contributed by atoms with Crippen molar-refractivity contribution in [2.24, 2.45) is 0 Å². The van der Waals surface area contributed by atoms with Crippen LogP contribution in [-0.2, 0) is 17.9 Å². The highest BCUT2D eigenvalue weighted by Gasteiger charge is 2.36. The Kier molecular flexibility index (Phi) is 6.95. The lowest BCUT2D eigenvalue weighted by Gasteiger charge is -2.12. The first kappa shape index (κ1) is 23.5. The molecule has 2 amide bonds. The van der Waals surface area contributed by atoms with Crippen LogP contribution in [0.3, 0.4) is 0 Å². The van der Waals surface area contributed by atoms with Crippen molar-refractivity contribution in [2.75, 3.05) is 0 Å². The molecule has 1 heterocycles. The molecule has 1 fully saturated rings. The van der Waals surface area contributed by atoms with E-state index in [1.165, 1.54) is 30.3 Å². The number of benzene rings is 3. The molecule has 0 saturated carbocycles. The van der Waals surface area contributed by atoms with E-state index in [4.69, 9.17) is 16.3 Å². The molecule has 7 nitrogen and oxygen atoms in total. The van der Waals surface area contributed by atoms with Crippen molar-refractivity contribution in [1.29, 1.82) is 0 Å². The van der Waals surface area contributed by atoms with Gasteiger partial charge in [0.25, 0.3) is 16.8 Å². The third-order valence-electron chi connectivity index (χ3n) is 5.01. The largest absolute Gasteiger partial charge is 0.489 e. The van der Waals surface area contributed by atoms with Gasteiger partial charge in [-0.2, -0.15) is 0 Å². The number of amides is 2. The molecule has 4 rings (SSSR count). The predicted molar refractivity (Wildman–Crippen MR) is 127 cm³/mol. The Hall–Kier alpha value is -3.69. The van der Waals surface area contributed by atoms with Crippen LogP contribution in [-0.4, -0.2) is 21.0 Å². The van der Waals surface area contributed by atoms with Crippen molar-refractivity contribution in [1.82, 2.24) is 4.90 Å². The van der Waals surface area contributed by atoms with E-state index in [0.717, 1.165) is 16.7 Å². The van der Waals surface area contributed by atoms with Crippen molar-refractivity contribution >= 4 is 46.3 Å². The normalized spacial score (nSPS) is 14.6. The summed E-state index contributed by atoms with van der Waals surface area (Å²) in [7, 11) is 0. The number of rotatable bonds is 7. The lowest BCUT2D eigenvalue weighted by molar-refractivity contribution is -0.385. The number of carbonyl (C=O) groups excluding carboxylic acids is 2. The molecule has 10 heteroatoms. The van der Waals surface area contributed by atoms with E-state index in [9.17, 15) is 24.1 Å². The fourth-order valence-corrected chi connectivity index (χ4v) is 4.32. The Labute approximate surface area is 202 Å². The minimum absolute atomic E-state index is 0.0463. The summed E-state index contributed by atoms with van der Waals surface area (Å²) in [6.07, 6.45) is 1.56. The van der Waals surface area contributed by atoms with E-state index < -0.39 is 21.9 Å². The van der Waals surface area contributed by atoms with Gasteiger partial charge in [0.2, 0.25) is 0 Å². The average molecular weight is 499 g/mol. The maximum atomic E-state index is 13.9. The smallest absolute Gasteiger partial charge is 0.293 e. The number of halogens is 2. The van der Waals surface area contributed by atoms with Crippen molar-refractivity contribution in [2.45, 2.75) is 13.2 Å². The first-order valence-corrected chi connectivity index (χ1v) is 11.2. The average Bonchev–Trinajstić information content (AvgIpc) is 3.07. The van der Waals surface area contributed by atoms with E-state index >= 15 is 0 Å². The molecule has 172 valence electrons. The number of thioether (sulfide) groups is 1. The quantitative estimate of drug-likeness (QED) is 0.219. The van der Waals surface area contributed by atoms with Gasteiger partial charge in [0.05, 0.1) is 21.4 Å². The molecular formula is C24H16ClFN2O5S. The molecule has 1 aliphatic heterocycles. The summed E-state index contributed by atoms with van der Waals surface area (Å²) >= 11 is 6.77. The van der Waals surface area contributed by atoms with E-state index in [2.05, 4.69) is 0 Å². The number of nitro groups is 1. The summed E-state index contributed by atoms with van der Waals surface area (Å²) in [6.45, 7) is -0.236. The second-order valence-corrected chi connectivity index (χ2v) is 8.61. The Bertz CT molecular complexity index is 1290. The fraction of sp³-hybridized carbons (Fsp3) is 0.0833. The summed E-state index contributed by atoms with van der Waals surface area (Å²) in [5.41, 5.74) is 1.01. The number of nitro benzene ring substituents is 1. The molecule has 0 aliphatic carbocycles. The van der Waals surface area contributed by atoms with Gasteiger partial charge in [0.1, 0.15) is 18.2 Å². The van der Waals surface area contributed by atoms with Gasteiger partial charge in [-0.1, -0.05) is 48.0 Å². The molecule has 1 saturated heterocycles. The Morgan fingerprint density at radius 3 is 2.50 bits per heavy atom. The number of hydrogen-bond acceptors (Lipinski definition) is 6. The standard InChI is InChI=1S/C24H16ClFN2O5S/c25-19-5-3-6-20(26)18(19)14-33-17-10-8-15(9-11-17)12-22-23(29)27(24(30)34-22)13-16-4-1-2-7-21(16)28(31)32/h1-12H,13-14H2/b22-12-. The molecule has 0 radical (unpaired) electrons. The summed E-state index contributed by atoms with van der Waals surface area (Å²) in [6, 6.07) is 17.0. The monoisotopic (exact) mass is 498 g/mol. The molecule has 0 N–H and O–H groups in total. The van der Waals surface area contributed by atoms with Crippen molar-refractivity contribution in [3.8, 4) is 5.75 Å². The number of para-hydroxylation sites is 1. The topological polar surface area (TPSA) is 89.8 Å². The molecular weight excluding hydrogens is 483 g/mol. The summed E-state index contributed by atoms with van der Waals surface area (Å²) in [4.78, 5) is 37.0. The zero-order chi connectivity index (χ0) is 24.2. The zero-order valence-electron chi connectivity index (χ0n) is 17.4. The van der Waals surface area contributed by atoms with Crippen LogP contribution in [0.1, 0.15) is 16.7 Å². The Balaban J connectivity index is 1.45. The van der Waals surface area contributed by atoms with E-state index in [0.29, 0.717) is 11.3 Å². The third-order valence-corrected chi connectivity index (χ3v) is 6.27. The summed E-state index contributed by atoms with van der Waals surface area (Å²) in [5, 5.41) is 11.0. The number of carbonyl (C=O) groups is 2. The number of nitrogens with zero attached hydrogens (tertiary/aromatic N) is 2. The van der Waals surface area contributed by atoms with Gasteiger partial charge >= 0.3 is 0 Å². The zero-order valence-corrected chi connectivity index (χ0v) is 19.0. The highest BCUT2D eigenvalue weighted by Crippen LogP contribution is 2.34. The predicted octanol–water partition coefficient (Wildman–Crippen LogP) is 6.20. The number of ether oxygens (including phenoxy) is 1. The second kappa shape index (κ2) is 10.1. The van der Waals surface area contributed by atoms with Crippen molar-refractivity contribution in [3.05, 3.63) is 109 Å². The number of hydrogen-bond donors (Lipinski definition) is 0. The minimum atomic E-state index is -0.548. The van der Waals surface area contributed by atoms with E-state index in [-0.39, 0.29) is 39.9 Å². The summed E-state index contributed by atoms with van der Waals surface area (Å²) in [5.74, 6) is -0.510. The molecule has 3 aromatic rings. The lowest BCUT2D eigenvalue weighted by atomic mass is 10.1. The Morgan fingerprint density at radius 2 is 1.79 bits per heavy atom. The molecule has 34 heavy (non-hydrogen) atoms. The lowest BCUT2D eigenvalue weighted by Crippen LogP contribution is -2.27. The maximum absolute atomic E-state index is 13.9. The summed E-state index contributed by atoms with van der Waals surface area (Å²) < 4.78 is 19.5. The number of imide groups is 1. The van der Waals surface area contributed by atoms with E-state index in [1.54, 1.807) is 42.5 Å². The van der Waals surface area contributed by atoms with Gasteiger partial charge in [0, 0.05) is 17.2 Å². The first-order valence-electron chi connectivity index (χ1n) is 9.97. The van der Waals surface area contributed by atoms with Gasteiger partial charge < -0.3 is 4.74 Å². The van der Waals surface area contributed by atoms with Gasteiger partial charge in [-0.15, -0.1) is 0 Å². The molecule has 0 unspecified atom stereocenters. The van der Waals surface area contributed by atoms with Gasteiger partial charge in [-0.25, -0.2) is 4.39 Å². The second-order valence-electron chi connectivity index (χ2n) is 7.21. The molecule has 1 aliphatic rings. The molecule has 0 spiro atoms. The minimum Gasteiger partial charge on any atom is -0.489 e. The van der Waals surface area contributed by atoms with Crippen LogP contribution < -0.4 is 4.74 Å². The van der Waals surface area contributed by atoms with Crippen LogP contribution in [0.4, 0.5) is 14.9 Å². The van der Waals surface area contributed by atoms with Crippen LogP contribution in [0.2, 0.25) is 5.02 Å². The van der Waals surface area contributed by atoms with Gasteiger partial charge in [0.15, 0.2) is 0 Å². The highest BCUT2D eigenvalue weighted by molar-refractivity contribution is 8.18. The van der Waals surface area contributed by atoms with Gasteiger partial charge in [-0.05, 0) is 47.7 Å². The SMILES string of the molecule is O=C1S/C(=C\c2ccc(OCc3c(F)cccc3Cl)cc2)C(=O)N1Cc1ccccc1[N+](=O)[O-]. The molecule has 0 atom stereocenters. The molecule has 0 bridgehead atoms. The van der Waals surface area contributed by atoms with Crippen LogP contribution in [0, 0.1) is 15.9 Å². The van der Waals surface area contributed by atoms with Crippen molar-refractivity contribution < 1.29 is 23.6 Å². The fourth-order valence-electron chi connectivity index (χ4n) is 3.27. The maximum Gasteiger partial charge on any atom is 0.293 e. The third kappa shape index (κ3) is 5.11. The Morgan fingerprint density at radius 1 is 1.06 bits per heavy atom. The molecule has 3 aromatic carbocycles. The van der Waals surface area contributed by atoms with Gasteiger partial charge in [-0.3, -0.25) is 24.6 Å². The van der Waals surface area contributed by atoms with Crippen molar-refractivity contribution in [3.63, 3.8) is 0 Å². The van der Waals surface area contributed by atoms with Crippen LogP contribution in [0.15, 0.2) is 71.6 Å². The first-order chi connectivity index (χ1) is 16.3. The van der Waals surface area contributed by atoms with E-state index in [1.807, 2.05) is 0 Å². The van der Waals surface area contributed by atoms with Crippen LogP contribution >= 0.6 is 23.4 Å². The van der Waals surface area contributed by atoms with Crippen LogP contribution in [0.25, 0.3) is 6.08 Å². The molecule has 0 aromatic heterocycles.